The summed E-state index contributed by atoms with van der Waals surface area (Å²) in [4.78, 5) is 0.169. The molecule has 0 spiro atoms. The van der Waals surface area contributed by atoms with Gasteiger partial charge in [-0.15, -0.1) is 11.8 Å². The van der Waals surface area contributed by atoms with Crippen molar-refractivity contribution < 1.29 is 14.6 Å². The second-order valence-corrected chi connectivity index (χ2v) is 3.91. The van der Waals surface area contributed by atoms with Crippen LogP contribution in [0.1, 0.15) is 11.7 Å². The highest BCUT2D eigenvalue weighted by Crippen LogP contribution is 2.33. The summed E-state index contributed by atoms with van der Waals surface area (Å²) in [5, 5.41) is 21.7. The van der Waals surface area contributed by atoms with Gasteiger partial charge in [0.25, 0.3) is 0 Å². The summed E-state index contributed by atoms with van der Waals surface area (Å²) in [7, 11) is 1.68. The summed E-state index contributed by atoms with van der Waals surface area (Å²) in [5.41, 5.74) is 0.200. The molecule has 3 nitrogen and oxygen atoms in total. The minimum Gasteiger partial charge on any atom is -0.507 e. The van der Waals surface area contributed by atoms with E-state index in [2.05, 4.69) is 5.32 Å². The van der Waals surface area contributed by atoms with E-state index in [0.29, 0.717) is 0 Å². The number of phenolic OH excluding ortho intramolecular Hbond substituents is 1. The van der Waals surface area contributed by atoms with E-state index >= 15 is 0 Å². The van der Waals surface area contributed by atoms with Crippen molar-refractivity contribution in [2.75, 3.05) is 19.8 Å². The lowest BCUT2D eigenvalue weighted by Gasteiger charge is -2.13. The van der Waals surface area contributed by atoms with Gasteiger partial charge in [-0.25, -0.2) is 4.39 Å². The van der Waals surface area contributed by atoms with Gasteiger partial charge in [0, 0.05) is 12.1 Å². The second-order valence-electron chi connectivity index (χ2n) is 3.09. The van der Waals surface area contributed by atoms with E-state index in [4.69, 9.17) is 0 Å². The fourth-order valence-corrected chi connectivity index (χ4v) is 1.89. The van der Waals surface area contributed by atoms with Gasteiger partial charge in [0.05, 0.1) is 11.0 Å². The molecule has 0 fully saturated rings. The van der Waals surface area contributed by atoms with Crippen LogP contribution in [0.4, 0.5) is 4.39 Å². The topological polar surface area (TPSA) is 52.5 Å². The molecule has 0 aliphatic rings. The lowest BCUT2D eigenvalue weighted by molar-refractivity contribution is 0.172. The van der Waals surface area contributed by atoms with Gasteiger partial charge in [0.15, 0.2) is 0 Å². The fourth-order valence-electron chi connectivity index (χ4n) is 1.32. The number of rotatable bonds is 4. The quantitative estimate of drug-likeness (QED) is 0.687. The highest BCUT2D eigenvalue weighted by atomic mass is 32.2. The molecule has 5 heteroatoms. The molecule has 0 amide bonds. The van der Waals surface area contributed by atoms with Crippen LogP contribution in [-0.4, -0.2) is 30.1 Å². The summed E-state index contributed by atoms with van der Waals surface area (Å²) in [6, 6.07) is 2.79. The second kappa shape index (κ2) is 5.34. The molecule has 84 valence electrons. The van der Waals surface area contributed by atoms with Gasteiger partial charge in [0.2, 0.25) is 0 Å². The molecular formula is C10H14FNO2S. The van der Waals surface area contributed by atoms with Gasteiger partial charge in [-0.3, -0.25) is 0 Å². The van der Waals surface area contributed by atoms with Crippen LogP contribution in [0.15, 0.2) is 17.0 Å². The molecule has 1 aromatic carbocycles. The highest BCUT2D eigenvalue weighted by Gasteiger charge is 2.17. The van der Waals surface area contributed by atoms with E-state index in [1.165, 1.54) is 12.1 Å². The first kappa shape index (κ1) is 12.3. The van der Waals surface area contributed by atoms with Crippen molar-refractivity contribution in [2.45, 2.75) is 11.0 Å². The average molecular weight is 231 g/mol. The number of phenols is 1. The Morgan fingerprint density at radius 1 is 1.53 bits per heavy atom. The van der Waals surface area contributed by atoms with Gasteiger partial charge in [-0.1, -0.05) is 0 Å². The van der Waals surface area contributed by atoms with Gasteiger partial charge >= 0.3 is 0 Å². The van der Waals surface area contributed by atoms with Crippen LogP contribution < -0.4 is 5.32 Å². The lowest BCUT2D eigenvalue weighted by atomic mass is 10.1. The Morgan fingerprint density at radius 2 is 2.20 bits per heavy atom. The Bertz CT molecular complexity index is 346. The summed E-state index contributed by atoms with van der Waals surface area (Å²) in [6.07, 6.45) is 0.772. The number of halogens is 1. The van der Waals surface area contributed by atoms with E-state index in [1.807, 2.05) is 0 Å². The third-order valence-corrected chi connectivity index (χ3v) is 2.86. The zero-order chi connectivity index (χ0) is 11.4. The smallest absolute Gasteiger partial charge is 0.146 e. The molecule has 3 N–H and O–H groups in total. The molecule has 0 saturated heterocycles. The summed E-state index contributed by atoms with van der Waals surface area (Å²) >= 11 is 1.12. The Morgan fingerprint density at radius 3 is 2.73 bits per heavy atom. The monoisotopic (exact) mass is 231 g/mol. The standard InChI is InChI=1S/C10H14FNO2S/c1-12-5-8(14)6-3-4-7(13)10(15-2)9(6)11/h3-4,8,12-14H,5H2,1-2H3. The van der Waals surface area contributed by atoms with E-state index < -0.39 is 11.9 Å². The first-order valence-corrected chi connectivity index (χ1v) is 5.72. The number of hydrogen-bond donors (Lipinski definition) is 3. The van der Waals surface area contributed by atoms with Crippen molar-refractivity contribution in [3.8, 4) is 5.75 Å². The Labute approximate surface area is 92.3 Å². The first-order chi connectivity index (χ1) is 7.11. The molecular weight excluding hydrogens is 217 g/mol. The summed E-state index contributed by atoms with van der Waals surface area (Å²) < 4.78 is 13.7. The van der Waals surface area contributed by atoms with Crippen molar-refractivity contribution in [3.63, 3.8) is 0 Å². The number of likely N-dealkylation sites (N-methyl/N-ethyl adjacent to an activating group) is 1. The number of hydrogen-bond acceptors (Lipinski definition) is 4. The fraction of sp³-hybridized carbons (Fsp3) is 0.400. The SMILES string of the molecule is CNCC(O)c1ccc(O)c(SC)c1F. The van der Waals surface area contributed by atoms with E-state index in [1.54, 1.807) is 13.3 Å². The Balaban J connectivity index is 3.09. The van der Waals surface area contributed by atoms with Crippen LogP contribution in [0.25, 0.3) is 0 Å². The maximum atomic E-state index is 13.7. The Hall–Kier alpha value is -0.780. The number of aliphatic hydroxyl groups excluding tert-OH is 1. The molecule has 0 aromatic heterocycles. The minimum absolute atomic E-state index is 0.0968. The maximum Gasteiger partial charge on any atom is 0.146 e. The van der Waals surface area contributed by atoms with E-state index in [-0.39, 0.29) is 22.8 Å². The molecule has 0 bridgehead atoms. The molecule has 1 aromatic rings. The van der Waals surface area contributed by atoms with Crippen LogP contribution in [0.2, 0.25) is 0 Å². The zero-order valence-electron chi connectivity index (χ0n) is 8.62. The number of aliphatic hydroxyl groups is 1. The normalized spacial score (nSPS) is 12.8. The van der Waals surface area contributed by atoms with Gasteiger partial charge in [-0.05, 0) is 25.4 Å². The van der Waals surface area contributed by atoms with Crippen LogP contribution >= 0.6 is 11.8 Å². The predicted octanol–water partition coefficient (Wildman–Crippen LogP) is 1.51. The molecule has 1 atom stereocenters. The van der Waals surface area contributed by atoms with E-state index in [0.717, 1.165) is 11.8 Å². The number of benzene rings is 1. The van der Waals surface area contributed by atoms with Crippen LogP contribution in [-0.2, 0) is 0 Å². The van der Waals surface area contributed by atoms with Crippen molar-refractivity contribution >= 4 is 11.8 Å². The van der Waals surface area contributed by atoms with Crippen molar-refractivity contribution in [1.82, 2.24) is 5.32 Å². The van der Waals surface area contributed by atoms with Crippen LogP contribution in [0.3, 0.4) is 0 Å². The van der Waals surface area contributed by atoms with Gasteiger partial charge in [0.1, 0.15) is 11.6 Å². The summed E-state index contributed by atoms with van der Waals surface area (Å²) in [6.45, 7) is 0.273. The minimum atomic E-state index is -0.901. The molecule has 0 radical (unpaired) electrons. The van der Waals surface area contributed by atoms with E-state index in [9.17, 15) is 14.6 Å². The average Bonchev–Trinajstić information content (AvgIpc) is 2.18. The highest BCUT2D eigenvalue weighted by molar-refractivity contribution is 7.98. The summed E-state index contributed by atoms with van der Waals surface area (Å²) in [5.74, 6) is -0.648. The molecule has 0 saturated carbocycles. The third-order valence-electron chi connectivity index (χ3n) is 2.07. The molecule has 0 aliphatic carbocycles. The lowest BCUT2D eigenvalue weighted by Crippen LogP contribution is -2.17. The van der Waals surface area contributed by atoms with Crippen LogP contribution in [0, 0.1) is 5.82 Å². The molecule has 0 aliphatic heterocycles. The molecule has 0 heterocycles. The van der Waals surface area contributed by atoms with Crippen molar-refractivity contribution in [3.05, 3.63) is 23.5 Å². The largest absolute Gasteiger partial charge is 0.507 e. The van der Waals surface area contributed by atoms with Gasteiger partial charge in [-0.2, -0.15) is 0 Å². The third kappa shape index (κ3) is 2.62. The Kier molecular flexibility index (Phi) is 4.38. The number of thioether (sulfide) groups is 1. The van der Waals surface area contributed by atoms with Crippen molar-refractivity contribution in [1.29, 1.82) is 0 Å². The molecule has 1 rings (SSSR count). The number of aromatic hydroxyl groups is 1. The molecule has 15 heavy (non-hydrogen) atoms. The zero-order valence-corrected chi connectivity index (χ0v) is 9.44. The maximum absolute atomic E-state index is 13.7. The first-order valence-electron chi connectivity index (χ1n) is 4.49. The number of nitrogens with one attached hydrogen (secondary N) is 1. The van der Waals surface area contributed by atoms with Crippen LogP contribution in [0.5, 0.6) is 5.75 Å². The van der Waals surface area contributed by atoms with Crippen molar-refractivity contribution in [2.24, 2.45) is 0 Å². The molecule has 1 unspecified atom stereocenters. The van der Waals surface area contributed by atoms with Gasteiger partial charge < -0.3 is 15.5 Å². The predicted molar refractivity (Wildman–Crippen MR) is 58.7 cm³/mol.